The van der Waals surface area contributed by atoms with Crippen LogP contribution in [0.2, 0.25) is 5.02 Å². The monoisotopic (exact) mass is 393 g/mol. The third kappa shape index (κ3) is 5.86. The molecule has 1 aromatic heterocycles. The zero-order valence-corrected chi connectivity index (χ0v) is 15.6. The zero-order chi connectivity index (χ0) is 16.1. The summed E-state index contributed by atoms with van der Waals surface area (Å²) in [7, 11) is -1.00. The number of hydrogen-bond acceptors (Lipinski definition) is 5. The van der Waals surface area contributed by atoms with E-state index in [0.29, 0.717) is 35.1 Å². The minimum absolute atomic E-state index is 0. The lowest BCUT2D eigenvalue weighted by molar-refractivity contribution is 0.102. The summed E-state index contributed by atoms with van der Waals surface area (Å²) in [5, 5.41) is 5.85. The van der Waals surface area contributed by atoms with Crippen molar-refractivity contribution in [2.75, 3.05) is 18.1 Å². The number of nitrogens with two attached hydrogens (primary N) is 1. The van der Waals surface area contributed by atoms with Crippen LogP contribution in [0.25, 0.3) is 0 Å². The van der Waals surface area contributed by atoms with Crippen LogP contribution in [-0.2, 0) is 23.0 Å². The van der Waals surface area contributed by atoms with Crippen molar-refractivity contribution in [2.24, 2.45) is 5.73 Å². The molecule has 0 radical (unpaired) electrons. The van der Waals surface area contributed by atoms with Gasteiger partial charge in [-0.1, -0.05) is 11.6 Å². The standard InChI is InChI=1S/C14H16ClN3O2S2.ClH/c1-22(20)8-9-6-10(2-3-11(9)15)17-14(19)12-7-21-13(18-12)4-5-16;/h2-3,6-7H,4-5,8,16H2,1H3,(H,17,19);1H. The van der Waals surface area contributed by atoms with Crippen molar-refractivity contribution in [3.8, 4) is 0 Å². The maximum absolute atomic E-state index is 12.2. The molecule has 0 aliphatic heterocycles. The van der Waals surface area contributed by atoms with Gasteiger partial charge in [0.1, 0.15) is 5.69 Å². The maximum Gasteiger partial charge on any atom is 0.275 e. The average molecular weight is 394 g/mol. The Morgan fingerprint density at radius 2 is 2.22 bits per heavy atom. The van der Waals surface area contributed by atoms with Gasteiger partial charge in [0, 0.05) is 45.3 Å². The SMILES string of the molecule is CS(=O)Cc1cc(NC(=O)c2csc(CCN)n2)ccc1Cl.Cl. The quantitative estimate of drug-likeness (QED) is 0.789. The molecule has 1 unspecified atom stereocenters. The highest BCUT2D eigenvalue weighted by Gasteiger charge is 2.12. The van der Waals surface area contributed by atoms with E-state index in [1.165, 1.54) is 11.3 Å². The minimum atomic E-state index is -1.00. The second-order valence-electron chi connectivity index (χ2n) is 4.64. The molecule has 2 rings (SSSR count). The van der Waals surface area contributed by atoms with E-state index in [1.807, 2.05) is 0 Å². The van der Waals surface area contributed by atoms with Gasteiger partial charge >= 0.3 is 0 Å². The number of carbonyl (C=O) groups excluding carboxylic acids is 1. The van der Waals surface area contributed by atoms with E-state index in [-0.39, 0.29) is 18.3 Å². The molecule has 23 heavy (non-hydrogen) atoms. The molecule has 0 fully saturated rings. The Bertz CT molecular complexity index is 707. The third-order valence-corrected chi connectivity index (χ3v) is 4.80. The van der Waals surface area contributed by atoms with Gasteiger partial charge in [0.25, 0.3) is 5.91 Å². The van der Waals surface area contributed by atoms with Gasteiger partial charge in [-0.25, -0.2) is 4.98 Å². The van der Waals surface area contributed by atoms with E-state index >= 15 is 0 Å². The lowest BCUT2D eigenvalue weighted by Crippen LogP contribution is -2.13. The predicted octanol–water partition coefficient (Wildman–Crippen LogP) is 2.85. The van der Waals surface area contributed by atoms with E-state index in [2.05, 4.69) is 10.3 Å². The molecule has 1 atom stereocenters. The van der Waals surface area contributed by atoms with Gasteiger partial charge in [0.05, 0.1) is 5.01 Å². The largest absolute Gasteiger partial charge is 0.330 e. The van der Waals surface area contributed by atoms with Gasteiger partial charge in [-0.2, -0.15) is 0 Å². The van der Waals surface area contributed by atoms with Gasteiger partial charge in [-0.3, -0.25) is 9.00 Å². The van der Waals surface area contributed by atoms with Crippen molar-refractivity contribution in [3.63, 3.8) is 0 Å². The number of rotatable bonds is 6. The maximum atomic E-state index is 12.2. The molecule has 9 heteroatoms. The van der Waals surface area contributed by atoms with Crippen molar-refractivity contribution in [2.45, 2.75) is 12.2 Å². The Morgan fingerprint density at radius 3 is 2.87 bits per heavy atom. The zero-order valence-electron chi connectivity index (χ0n) is 12.4. The van der Waals surface area contributed by atoms with Crippen LogP contribution in [-0.4, -0.2) is 27.9 Å². The van der Waals surface area contributed by atoms with Gasteiger partial charge in [0.2, 0.25) is 0 Å². The fraction of sp³-hybridized carbons (Fsp3) is 0.286. The summed E-state index contributed by atoms with van der Waals surface area (Å²) < 4.78 is 11.3. The van der Waals surface area contributed by atoms with Crippen LogP contribution in [0.5, 0.6) is 0 Å². The molecule has 0 bridgehead atoms. The van der Waals surface area contributed by atoms with E-state index in [4.69, 9.17) is 17.3 Å². The van der Waals surface area contributed by atoms with Gasteiger partial charge < -0.3 is 11.1 Å². The molecule has 126 valence electrons. The molecule has 3 N–H and O–H groups in total. The predicted molar refractivity (Wildman–Crippen MR) is 99.3 cm³/mol. The Balaban J connectivity index is 0.00000264. The number of nitrogens with one attached hydrogen (secondary N) is 1. The number of anilines is 1. The number of nitrogens with zero attached hydrogens (tertiary/aromatic N) is 1. The Morgan fingerprint density at radius 1 is 1.48 bits per heavy atom. The Hall–Kier alpha value is -0.990. The van der Waals surface area contributed by atoms with Crippen molar-refractivity contribution in [1.82, 2.24) is 4.98 Å². The summed E-state index contributed by atoms with van der Waals surface area (Å²) in [5.41, 5.74) is 7.17. The molecule has 0 saturated carbocycles. The van der Waals surface area contributed by atoms with Crippen molar-refractivity contribution in [1.29, 1.82) is 0 Å². The smallest absolute Gasteiger partial charge is 0.275 e. The summed E-state index contributed by atoms with van der Waals surface area (Å²) >= 11 is 7.48. The first-order valence-corrected chi connectivity index (χ1v) is 9.52. The number of amides is 1. The molecule has 5 nitrogen and oxygen atoms in total. The number of hydrogen-bond donors (Lipinski definition) is 2. The Kier molecular flexibility index (Phi) is 8.15. The summed E-state index contributed by atoms with van der Waals surface area (Å²) in [6, 6.07) is 5.12. The first-order valence-electron chi connectivity index (χ1n) is 6.54. The van der Waals surface area contributed by atoms with Gasteiger partial charge in [0.15, 0.2) is 0 Å². The Labute approximate surface area is 152 Å². The molecule has 0 spiro atoms. The van der Waals surface area contributed by atoms with Crippen molar-refractivity contribution in [3.05, 3.63) is 44.9 Å². The molecule has 0 saturated heterocycles. The van der Waals surface area contributed by atoms with E-state index in [9.17, 15) is 9.00 Å². The third-order valence-electron chi connectivity index (χ3n) is 2.80. The number of halogens is 2. The lowest BCUT2D eigenvalue weighted by atomic mass is 10.2. The first-order chi connectivity index (χ1) is 10.5. The van der Waals surface area contributed by atoms with Crippen LogP contribution in [0, 0.1) is 0 Å². The molecule has 2 aromatic rings. The summed E-state index contributed by atoms with van der Waals surface area (Å²) in [6.45, 7) is 0.503. The summed E-state index contributed by atoms with van der Waals surface area (Å²) in [5.74, 6) is 0.0605. The van der Waals surface area contributed by atoms with Crippen LogP contribution < -0.4 is 11.1 Å². The summed E-state index contributed by atoms with van der Waals surface area (Å²) in [6.07, 6.45) is 2.27. The topological polar surface area (TPSA) is 85.1 Å². The van der Waals surface area contributed by atoms with Crippen molar-refractivity contribution < 1.29 is 9.00 Å². The molecule has 1 aromatic carbocycles. The van der Waals surface area contributed by atoms with Gasteiger partial charge in [-0.05, 0) is 30.3 Å². The average Bonchev–Trinajstić information content (AvgIpc) is 2.91. The van der Waals surface area contributed by atoms with Crippen LogP contribution in [0.3, 0.4) is 0 Å². The molecule has 0 aliphatic carbocycles. The molecule has 0 aliphatic rings. The molecule has 1 heterocycles. The minimum Gasteiger partial charge on any atom is -0.330 e. The highest BCUT2D eigenvalue weighted by Crippen LogP contribution is 2.22. The van der Waals surface area contributed by atoms with E-state index in [1.54, 1.807) is 29.8 Å². The van der Waals surface area contributed by atoms with Crippen molar-refractivity contribution >= 4 is 57.7 Å². The second kappa shape index (κ2) is 9.34. The van der Waals surface area contributed by atoms with Crippen LogP contribution >= 0.6 is 35.3 Å². The van der Waals surface area contributed by atoms with E-state index < -0.39 is 10.8 Å². The fourth-order valence-electron chi connectivity index (χ4n) is 1.83. The highest BCUT2D eigenvalue weighted by molar-refractivity contribution is 7.83. The number of aromatic nitrogens is 1. The molecular formula is C14H17Cl2N3O2S2. The first kappa shape index (κ1) is 20.1. The van der Waals surface area contributed by atoms with Gasteiger partial charge in [-0.15, -0.1) is 23.7 Å². The van der Waals surface area contributed by atoms with Crippen LogP contribution in [0.1, 0.15) is 21.1 Å². The normalized spacial score (nSPS) is 11.6. The second-order valence-corrected chi connectivity index (χ2v) is 7.43. The fourth-order valence-corrected chi connectivity index (χ4v) is 3.57. The number of thiazole rings is 1. The van der Waals surface area contributed by atoms with Crippen LogP contribution in [0.4, 0.5) is 5.69 Å². The highest BCUT2D eigenvalue weighted by atomic mass is 35.5. The number of carbonyl (C=O) groups is 1. The molecule has 1 amide bonds. The number of benzene rings is 1. The lowest BCUT2D eigenvalue weighted by Gasteiger charge is -2.07. The van der Waals surface area contributed by atoms with Crippen LogP contribution in [0.15, 0.2) is 23.6 Å². The summed E-state index contributed by atoms with van der Waals surface area (Å²) in [4.78, 5) is 16.4. The molecular weight excluding hydrogens is 377 g/mol. The van der Waals surface area contributed by atoms with E-state index in [0.717, 1.165) is 10.6 Å².